The molecule has 0 unspecified atom stereocenters. The van der Waals surface area contributed by atoms with Gasteiger partial charge in [0.2, 0.25) is 5.91 Å². The van der Waals surface area contributed by atoms with Crippen molar-refractivity contribution in [2.45, 2.75) is 17.6 Å². The van der Waals surface area contributed by atoms with Crippen LogP contribution in [-0.4, -0.2) is 26.8 Å². The molecule has 122 valence electrons. The fourth-order valence-corrected chi connectivity index (χ4v) is 3.01. The molecular weight excluding hydrogens is 320 g/mol. The number of hydrogen-bond acceptors (Lipinski definition) is 4. The molecule has 0 aliphatic heterocycles. The lowest BCUT2D eigenvalue weighted by atomic mass is 9.99. The second-order valence-electron chi connectivity index (χ2n) is 5.30. The number of aromatic nitrogens is 3. The summed E-state index contributed by atoms with van der Waals surface area (Å²) >= 11 is 1.34. The second kappa shape index (κ2) is 8.31. The summed E-state index contributed by atoms with van der Waals surface area (Å²) in [6, 6.07) is 20.1. The Labute approximate surface area is 144 Å². The van der Waals surface area contributed by atoms with Gasteiger partial charge >= 0.3 is 0 Å². The zero-order chi connectivity index (χ0) is 16.6. The van der Waals surface area contributed by atoms with E-state index in [0.717, 1.165) is 12.0 Å². The highest BCUT2D eigenvalue weighted by atomic mass is 32.2. The topological polar surface area (TPSA) is 70.7 Å². The summed E-state index contributed by atoms with van der Waals surface area (Å²) < 4.78 is 0. The molecule has 6 heteroatoms. The van der Waals surface area contributed by atoms with Crippen LogP contribution in [0.1, 0.15) is 17.2 Å². The van der Waals surface area contributed by atoms with Gasteiger partial charge in [0.25, 0.3) is 0 Å². The van der Waals surface area contributed by atoms with Crippen molar-refractivity contribution in [3.05, 3.63) is 78.1 Å². The Morgan fingerprint density at radius 3 is 2.46 bits per heavy atom. The molecule has 2 N–H and O–H groups in total. The number of carbonyl (C=O) groups is 1. The maximum Gasteiger partial charge on any atom is 0.230 e. The van der Waals surface area contributed by atoms with E-state index < -0.39 is 0 Å². The number of thioether (sulfide) groups is 1. The van der Waals surface area contributed by atoms with E-state index in [1.165, 1.54) is 23.7 Å². The number of amides is 1. The van der Waals surface area contributed by atoms with Crippen LogP contribution in [0.4, 0.5) is 0 Å². The van der Waals surface area contributed by atoms with E-state index >= 15 is 0 Å². The van der Waals surface area contributed by atoms with Crippen molar-refractivity contribution in [3.63, 3.8) is 0 Å². The zero-order valence-corrected chi connectivity index (χ0v) is 13.9. The Bertz CT molecular complexity index is 747. The molecule has 0 radical (unpaired) electrons. The molecule has 1 aromatic heterocycles. The summed E-state index contributed by atoms with van der Waals surface area (Å²) in [6.07, 6.45) is 2.19. The molecule has 2 aromatic carbocycles. The van der Waals surface area contributed by atoms with Crippen molar-refractivity contribution in [1.82, 2.24) is 20.5 Å². The molecular formula is C18H18N4OS. The highest BCUT2D eigenvalue weighted by Gasteiger charge is 2.15. The van der Waals surface area contributed by atoms with Crippen LogP contribution in [0.25, 0.3) is 0 Å². The van der Waals surface area contributed by atoms with Crippen molar-refractivity contribution in [3.8, 4) is 0 Å². The minimum absolute atomic E-state index is 0.0267. The minimum Gasteiger partial charge on any atom is -0.348 e. The Balaban J connectivity index is 1.66. The van der Waals surface area contributed by atoms with Crippen LogP contribution in [0.5, 0.6) is 0 Å². The molecule has 24 heavy (non-hydrogen) atoms. The number of benzene rings is 2. The number of aromatic amines is 1. The predicted molar refractivity (Wildman–Crippen MR) is 94.6 cm³/mol. The molecule has 0 aliphatic carbocycles. The number of nitrogens with one attached hydrogen (secondary N) is 2. The lowest BCUT2D eigenvalue weighted by Crippen LogP contribution is -2.31. The Morgan fingerprint density at radius 1 is 1.08 bits per heavy atom. The molecule has 0 aliphatic rings. The van der Waals surface area contributed by atoms with Gasteiger partial charge in [-0.25, -0.2) is 4.98 Å². The summed E-state index contributed by atoms with van der Waals surface area (Å²) in [5.41, 5.74) is 2.29. The van der Waals surface area contributed by atoms with E-state index in [0.29, 0.717) is 10.9 Å². The first-order chi connectivity index (χ1) is 11.8. The van der Waals surface area contributed by atoms with Gasteiger partial charge in [-0.3, -0.25) is 9.89 Å². The van der Waals surface area contributed by atoms with Gasteiger partial charge in [0.15, 0.2) is 5.16 Å². The third kappa shape index (κ3) is 4.70. The molecule has 1 amide bonds. The lowest BCUT2D eigenvalue weighted by molar-refractivity contribution is -0.119. The van der Waals surface area contributed by atoms with E-state index in [-0.39, 0.29) is 11.9 Å². The number of rotatable bonds is 7. The van der Waals surface area contributed by atoms with Crippen molar-refractivity contribution < 1.29 is 4.79 Å². The normalized spacial score (nSPS) is 11.8. The number of nitrogens with zero attached hydrogens (tertiary/aromatic N) is 2. The first-order valence-electron chi connectivity index (χ1n) is 7.67. The molecule has 3 rings (SSSR count). The minimum atomic E-state index is -0.0589. The summed E-state index contributed by atoms with van der Waals surface area (Å²) in [5, 5.41) is 10.3. The van der Waals surface area contributed by atoms with Gasteiger partial charge in [-0.1, -0.05) is 72.4 Å². The van der Waals surface area contributed by atoms with Gasteiger partial charge in [0.1, 0.15) is 6.33 Å². The largest absolute Gasteiger partial charge is 0.348 e. The third-order valence-corrected chi connectivity index (χ3v) is 4.43. The van der Waals surface area contributed by atoms with E-state index in [9.17, 15) is 4.79 Å². The number of H-pyrrole nitrogens is 1. The van der Waals surface area contributed by atoms with E-state index in [1.54, 1.807) is 0 Å². The van der Waals surface area contributed by atoms with Gasteiger partial charge in [0, 0.05) is 0 Å². The fourth-order valence-electron chi connectivity index (χ4n) is 2.42. The van der Waals surface area contributed by atoms with Crippen molar-refractivity contribution in [2.24, 2.45) is 0 Å². The van der Waals surface area contributed by atoms with Gasteiger partial charge in [0.05, 0.1) is 11.8 Å². The average Bonchev–Trinajstić information content (AvgIpc) is 3.15. The van der Waals surface area contributed by atoms with Gasteiger partial charge in [-0.05, 0) is 17.5 Å². The fraction of sp³-hybridized carbons (Fsp3) is 0.167. The number of carbonyl (C=O) groups excluding carboxylic acids is 1. The third-order valence-electron chi connectivity index (χ3n) is 3.55. The summed E-state index contributed by atoms with van der Waals surface area (Å²) in [5.74, 6) is 0.272. The van der Waals surface area contributed by atoms with Crippen LogP contribution in [0, 0.1) is 0 Å². The van der Waals surface area contributed by atoms with Crippen LogP contribution in [-0.2, 0) is 11.2 Å². The maximum atomic E-state index is 12.3. The smallest absolute Gasteiger partial charge is 0.230 e. The monoisotopic (exact) mass is 338 g/mol. The van der Waals surface area contributed by atoms with Gasteiger partial charge in [-0.2, -0.15) is 5.10 Å². The first kappa shape index (κ1) is 16.3. The van der Waals surface area contributed by atoms with Crippen LogP contribution >= 0.6 is 11.8 Å². The number of hydrogen-bond donors (Lipinski definition) is 2. The van der Waals surface area contributed by atoms with Crippen LogP contribution in [0.3, 0.4) is 0 Å². The van der Waals surface area contributed by atoms with E-state index in [2.05, 4.69) is 32.6 Å². The molecule has 5 nitrogen and oxygen atoms in total. The van der Waals surface area contributed by atoms with Crippen molar-refractivity contribution in [1.29, 1.82) is 0 Å². The lowest BCUT2D eigenvalue weighted by Gasteiger charge is -2.19. The highest BCUT2D eigenvalue weighted by Crippen LogP contribution is 2.19. The molecule has 0 saturated carbocycles. The summed E-state index contributed by atoms with van der Waals surface area (Å²) in [7, 11) is 0. The van der Waals surface area contributed by atoms with E-state index in [1.807, 2.05) is 48.5 Å². The molecule has 0 spiro atoms. The first-order valence-corrected chi connectivity index (χ1v) is 8.66. The molecule has 0 fully saturated rings. The quantitative estimate of drug-likeness (QED) is 0.650. The Morgan fingerprint density at radius 2 is 1.79 bits per heavy atom. The summed E-state index contributed by atoms with van der Waals surface area (Å²) in [6.45, 7) is 0. The van der Waals surface area contributed by atoms with Gasteiger partial charge < -0.3 is 5.32 Å². The van der Waals surface area contributed by atoms with E-state index in [4.69, 9.17) is 0 Å². The standard InChI is InChI=1S/C18H18N4OS/c23-17(12-24-18-19-13-20-22-18)21-16(15-9-5-2-6-10-15)11-14-7-3-1-4-8-14/h1-10,13,16H,11-12H2,(H,21,23)(H,19,20,22)/t16-/m0/s1. The molecule has 1 heterocycles. The van der Waals surface area contributed by atoms with Crippen molar-refractivity contribution >= 4 is 17.7 Å². The summed E-state index contributed by atoms with van der Waals surface area (Å²) in [4.78, 5) is 16.3. The van der Waals surface area contributed by atoms with Crippen molar-refractivity contribution in [2.75, 3.05) is 5.75 Å². The molecule has 0 bridgehead atoms. The van der Waals surface area contributed by atoms with Crippen LogP contribution < -0.4 is 5.32 Å². The SMILES string of the molecule is O=C(CSc1ncn[nH]1)N[C@@H](Cc1ccccc1)c1ccccc1. The van der Waals surface area contributed by atoms with Crippen LogP contribution in [0.15, 0.2) is 72.1 Å². The second-order valence-corrected chi connectivity index (χ2v) is 6.26. The van der Waals surface area contributed by atoms with Gasteiger partial charge in [-0.15, -0.1) is 0 Å². The predicted octanol–water partition coefficient (Wildman–Crippen LogP) is 3.00. The zero-order valence-electron chi connectivity index (χ0n) is 13.1. The highest BCUT2D eigenvalue weighted by molar-refractivity contribution is 7.99. The Hall–Kier alpha value is -2.60. The molecule has 3 aromatic rings. The average molecular weight is 338 g/mol. The maximum absolute atomic E-state index is 12.3. The molecule has 0 saturated heterocycles. The molecule has 1 atom stereocenters. The van der Waals surface area contributed by atoms with Crippen LogP contribution in [0.2, 0.25) is 0 Å². The Kier molecular flexibility index (Phi) is 5.63.